The van der Waals surface area contributed by atoms with Crippen molar-refractivity contribution in [2.75, 3.05) is 27.9 Å². The number of nitrogen functional groups attached to an aromatic ring is 1. The number of benzene rings is 3. The van der Waals surface area contributed by atoms with E-state index in [-0.39, 0.29) is 77.6 Å². The minimum Gasteiger partial charge on any atom is -0.481 e. The van der Waals surface area contributed by atoms with E-state index in [1.165, 1.54) is 21.3 Å². The first-order chi connectivity index (χ1) is 31.9. The smallest absolute Gasteiger partial charge is 0.308 e. The minimum absolute atomic E-state index is 0.0137. The molecule has 0 atom stereocenters. The van der Waals surface area contributed by atoms with Crippen LogP contribution in [0.25, 0.3) is 11.5 Å². The Morgan fingerprint density at radius 1 is 0.576 bits per heavy atom. The number of carboxylic acids is 1. The van der Waals surface area contributed by atoms with Gasteiger partial charge in [0.15, 0.2) is 5.78 Å². The Morgan fingerprint density at radius 2 is 0.985 bits per heavy atom. The van der Waals surface area contributed by atoms with Crippen LogP contribution in [0.5, 0.6) is 0 Å². The topological polar surface area (TPSA) is 256 Å². The number of nitrogens with two attached hydrogens (primary N) is 1. The van der Waals surface area contributed by atoms with Crippen LogP contribution in [-0.4, -0.2) is 84.7 Å². The summed E-state index contributed by atoms with van der Waals surface area (Å²) in [7, 11) is 4.19. The summed E-state index contributed by atoms with van der Waals surface area (Å²) in [6.45, 7) is 0.0137. The summed E-state index contributed by atoms with van der Waals surface area (Å²) in [5, 5.41) is 19.7. The maximum Gasteiger partial charge on any atom is 0.308 e. The molecule has 4 aromatic rings. The van der Waals surface area contributed by atoms with E-state index in [4.69, 9.17) is 24.8 Å². The number of aromatic nitrogens is 2. The Balaban J connectivity index is 0.000000201. The van der Waals surface area contributed by atoms with Crippen LogP contribution in [0.2, 0.25) is 0 Å². The standard InChI is InChI=1S/C17H21NO4.C16H18N2O3.C9H14O4.C7H8N2O/c1-22-17(21)14-9-7-13(8-10-14)16(20)18-11-15(19)12-5-3-2-4-6-12;1-20-16(19)13-9-7-12(8-10-13)15-18-17-14(21-15)11-5-3-2-4-6-11;1-13-9(12)7-4-2-6(3-5-7)8(10)11;8-9-7(10)6-4-2-1-3-5-6/h2-6,13-14H,7-11H2,1H3,(H,18,20);2-6,12-13H,7-10H2,1H3;6-7H,2-5H2,1H3,(H,10,11);1-5H,8H2,(H,9,10). The average Bonchev–Trinajstić information content (AvgIpc) is 3.89. The van der Waals surface area contributed by atoms with Gasteiger partial charge in [0.2, 0.25) is 17.7 Å². The second-order valence-electron chi connectivity index (χ2n) is 16.2. The molecular weight excluding hydrogens is 851 g/mol. The summed E-state index contributed by atoms with van der Waals surface area (Å²) in [5.41, 5.74) is 4.14. The van der Waals surface area contributed by atoms with E-state index >= 15 is 0 Å². The van der Waals surface area contributed by atoms with Gasteiger partial charge in [-0.15, -0.1) is 10.2 Å². The number of nitrogens with zero attached hydrogens (tertiary/aromatic N) is 2. The quantitative estimate of drug-likeness (QED) is 0.0313. The predicted octanol–water partition coefficient (Wildman–Crippen LogP) is 6.49. The number of amides is 2. The second kappa shape index (κ2) is 27.5. The lowest BCUT2D eigenvalue weighted by molar-refractivity contribution is -0.150. The number of carboxylic acid groups (broad SMARTS) is 1. The van der Waals surface area contributed by atoms with Crippen LogP contribution < -0.4 is 16.6 Å². The van der Waals surface area contributed by atoms with Crippen LogP contribution in [0.1, 0.15) is 110 Å². The lowest BCUT2D eigenvalue weighted by Crippen LogP contribution is -2.37. The fourth-order valence-corrected chi connectivity index (χ4v) is 8.05. The third-order valence-electron chi connectivity index (χ3n) is 12.0. The van der Waals surface area contributed by atoms with Crippen molar-refractivity contribution in [3.63, 3.8) is 0 Å². The molecule has 0 saturated heterocycles. The van der Waals surface area contributed by atoms with Gasteiger partial charge in [0, 0.05) is 28.5 Å². The van der Waals surface area contributed by atoms with Gasteiger partial charge in [0.1, 0.15) is 0 Å². The molecule has 3 fully saturated rings. The number of hydrazine groups is 1. The van der Waals surface area contributed by atoms with Crippen molar-refractivity contribution in [2.24, 2.45) is 35.4 Å². The van der Waals surface area contributed by atoms with Gasteiger partial charge in [-0.1, -0.05) is 66.7 Å². The molecule has 2 amide bonds. The van der Waals surface area contributed by atoms with Crippen molar-refractivity contribution in [3.05, 3.63) is 108 Å². The molecule has 17 nitrogen and oxygen atoms in total. The van der Waals surface area contributed by atoms with Gasteiger partial charge in [-0.3, -0.25) is 39.0 Å². The Kier molecular flexibility index (Phi) is 21.7. The number of ketones is 1. The summed E-state index contributed by atoms with van der Waals surface area (Å²) in [4.78, 5) is 79.4. The highest BCUT2D eigenvalue weighted by molar-refractivity contribution is 5.99. The van der Waals surface area contributed by atoms with Gasteiger partial charge >= 0.3 is 23.9 Å². The fraction of sp³-hybridized carbons (Fsp3) is 0.449. The van der Waals surface area contributed by atoms with Crippen LogP contribution in [0.15, 0.2) is 95.4 Å². The van der Waals surface area contributed by atoms with Crippen molar-refractivity contribution < 1.29 is 57.3 Å². The lowest BCUT2D eigenvalue weighted by Gasteiger charge is -2.25. The highest BCUT2D eigenvalue weighted by atomic mass is 16.5. The number of carbonyl (C=O) groups is 7. The number of methoxy groups -OCH3 is 3. The molecule has 3 saturated carbocycles. The predicted molar refractivity (Wildman–Crippen MR) is 241 cm³/mol. The van der Waals surface area contributed by atoms with E-state index in [0.717, 1.165) is 31.2 Å². The Bertz CT molecular complexity index is 2140. The zero-order valence-corrected chi connectivity index (χ0v) is 37.7. The maximum atomic E-state index is 12.1. The molecule has 5 N–H and O–H groups in total. The van der Waals surface area contributed by atoms with Gasteiger partial charge in [-0.2, -0.15) is 0 Å². The van der Waals surface area contributed by atoms with Gasteiger partial charge < -0.3 is 29.1 Å². The molecule has 0 radical (unpaired) electrons. The number of esters is 3. The van der Waals surface area contributed by atoms with E-state index in [1.54, 1.807) is 48.5 Å². The van der Waals surface area contributed by atoms with Gasteiger partial charge in [-0.05, 0) is 101 Å². The van der Waals surface area contributed by atoms with Crippen LogP contribution in [0, 0.1) is 29.6 Å². The molecular formula is C49H61N5O12. The van der Waals surface area contributed by atoms with Gasteiger partial charge in [0.25, 0.3) is 5.91 Å². The summed E-state index contributed by atoms with van der Waals surface area (Å²) in [6.07, 6.45) is 8.52. The van der Waals surface area contributed by atoms with Crippen LogP contribution in [-0.2, 0) is 38.2 Å². The Morgan fingerprint density at radius 3 is 1.42 bits per heavy atom. The van der Waals surface area contributed by atoms with Crippen LogP contribution >= 0.6 is 0 Å². The summed E-state index contributed by atoms with van der Waals surface area (Å²) >= 11 is 0. The number of hydrogen-bond acceptors (Lipinski definition) is 14. The molecule has 3 aromatic carbocycles. The molecule has 66 heavy (non-hydrogen) atoms. The first-order valence-electron chi connectivity index (χ1n) is 22.2. The number of Topliss-reactive ketones (excluding diaryl/α,β-unsaturated/α-hetero) is 1. The third-order valence-corrected chi connectivity index (χ3v) is 12.0. The van der Waals surface area contributed by atoms with Crippen molar-refractivity contribution in [1.29, 1.82) is 0 Å². The first kappa shape index (κ1) is 51.9. The summed E-state index contributed by atoms with van der Waals surface area (Å²) in [6, 6.07) is 27.4. The highest BCUT2D eigenvalue weighted by Crippen LogP contribution is 2.36. The number of carbonyl (C=O) groups excluding carboxylic acids is 6. The Hall–Kier alpha value is -6.75. The zero-order valence-electron chi connectivity index (χ0n) is 37.7. The largest absolute Gasteiger partial charge is 0.481 e. The SMILES string of the molecule is COC(=O)C1CCC(C(=O)NCC(=O)c2ccccc2)CC1.COC(=O)C1CCC(C(=O)O)CC1.COC(=O)C1CCC(c2nnc(-c3ccccc3)o2)CC1.NNC(=O)c1ccccc1. The third kappa shape index (κ3) is 16.4. The molecule has 0 spiro atoms. The number of ether oxygens (including phenoxy) is 3. The molecule has 17 heteroatoms. The summed E-state index contributed by atoms with van der Waals surface area (Å²) < 4.78 is 19.9. The average molecular weight is 912 g/mol. The first-order valence-corrected chi connectivity index (χ1v) is 22.2. The molecule has 3 aliphatic rings. The highest BCUT2D eigenvalue weighted by Gasteiger charge is 2.32. The molecule has 354 valence electrons. The molecule has 0 bridgehead atoms. The monoisotopic (exact) mass is 911 g/mol. The van der Waals surface area contributed by atoms with E-state index in [1.807, 2.05) is 47.9 Å². The molecule has 1 aromatic heterocycles. The van der Waals surface area contributed by atoms with Crippen LogP contribution in [0.4, 0.5) is 0 Å². The number of aliphatic carboxylic acids is 1. The van der Waals surface area contributed by atoms with Gasteiger partial charge in [0.05, 0.1) is 51.5 Å². The number of hydrogen-bond donors (Lipinski definition) is 4. The van der Waals surface area contributed by atoms with Crippen molar-refractivity contribution in [3.8, 4) is 11.5 Å². The van der Waals surface area contributed by atoms with Crippen molar-refractivity contribution >= 4 is 41.5 Å². The zero-order chi connectivity index (χ0) is 47.8. The number of nitrogens with one attached hydrogen (secondary N) is 2. The molecule has 0 unspecified atom stereocenters. The van der Waals surface area contributed by atoms with Gasteiger partial charge in [-0.25, -0.2) is 5.84 Å². The van der Waals surface area contributed by atoms with Crippen molar-refractivity contribution in [2.45, 2.75) is 83.0 Å². The number of rotatable bonds is 11. The molecule has 3 aliphatic carbocycles. The fourth-order valence-electron chi connectivity index (χ4n) is 8.05. The lowest BCUT2D eigenvalue weighted by atomic mass is 9.81. The van der Waals surface area contributed by atoms with Crippen molar-refractivity contribution in [1.82, 2.24) is 20.9 Å². The van der Waals surface area contributed by atoms with E-state index in [9.17, 15) is 33.6 Å². The normalized spacial score (nSPS) is 20.8. The van der Waals surface area contributed by atoms with E-state index < -0.39 is 5.97 Å². The van der Waals surface area contributed by atoms with Crippen LogP contribution in [0.3, 0.4) is 0 Å². The Labute approximate surface area is 384 Å². The van der Waals surface area contributed by atoms with E-state index in [2.05, 4.69) is 20.3 Å². The summed E-state index contributed by atoms with van der Waals surface area (Å²) in [5.74, 6) is 4.11. The second-order valence-corrected chi connectivity index (χ2v) is 16.2. The molecule has 1 heterocycles. The molecule has 0 aliphatic heterocycles. The van der Waals surface area contributed by atoms with E-state index in [0.29, 0.717) is 74.3 Å². The molecule has 7 rings (SSSR count). The minimum atomic E-state index is -0.747. The maximum absolute atomic E-state index is 12.1.